The number of oxazole rings is 1. The van der Waals surface area contributed by atoms with Crippen molar-refractivity contribution in [1.29, 1.82) is 0 Å². The topological polar surface area (TPSA) is 84.2 Å². The van der Waals surface area contributed by atoms with Crippen molar-refractivity contribution < 1.29 is 12.8 Å². The number of hydrogen-bond donors (Lipinski definition) is 2. The normalized spacial score (nSPS) is 18.1. The van der Waals surface area contributed by atoms with Gasteiger partial charge in [0.15, 0.2) is 5.89 Å². The van der Waals surface area contributed by atoms with Crippen molar-refractivity contribution in [3.05, 3.63) is 36.4 Å². The molecule has 1 unspecified atom stereocenters. The quantitative estimate of drug-likeness (QED) is 0.842. The number of nitrogens with zero attached hydrogens (tertiary/aromatic N) is 1. The molecule has 1 aromatic heterocycles. The second-order valence-corrected chi connectivity index (χ2v) is 7.61. The minimum absolute atomic E-state index is 0. The van der Waals surface area contributed by atoms with E-state index in [1.807, 2.05) is 0 Å². The van der Waals surface area contributed by atoms with E-state index < -0.39 is 10.0 Å². The van der Waals surface area contributed by atoms with Crippen LogP contribution in [0.2, 0.25) is 0 Å². The van der Waals surface area contributed by atoms with Crippen LogP contribution in [0.1, 0.15) is 18.7 Å². The first-order valence-electron chi connectivity index (χ1n) is 7.77. The van der Waals surface area contributed by atoms with E-state index >= 15 is 0 Å². The predicted molar refractivity (Wildman–Crippen MR) is 94.7 cm³/mol. The van der Waals surface area contributed by atoms with Crippen LogP contribution in [-0.4, -0.2) is 33.0 Å². The number of nitrogens with one attached hydrogen (secondary N) is 2. The molecule has 6 nitrogen and oxygen atoms in total. The number of aryl methyl sites for hydroxylation is 1. The van der Waals surface area contributed by atoms with Gasteiger partial charge in [0.05, 0.1) is 4.90 Å². The van der Waals surface area contributed by atoms with Gasteiger partial charge in [-0.05, 0) is 44.0 Å². The maximum Gasteiger partial charge on any atom is 0.240 e. The molecule has 8 heteroatoms. The molecule has 0 radical (unpaired) electrons. The van der Waals surface area contributed by atoms with E-state index in [1.54, 1.807) is 37.5 Å². The maximum atomic E-state index is 12.4. The molecule has 24 heavy (non-hydrogen) atoms. The largest absolute Gasteiger partial charge is 0.449 e. The van der Waals surface area contributed by atoms with Gasteiger partial charge in [-0.2, -0.15) is 0 Å². The van der Waals surface area contributed by atoms with Gasteiger partial charge < -0.3 is 9.73 Å². The van der Waals surface area contributed by atoms with E-state index in [0.717, 1.165) is 31.5 Å². The summed E-state index contributed by atoms with van der Waals surface area (Å²) in [4.78, 5) is 4.50. The van der Waals surface area contributed by atoms with E-state index in [4.69, 9.17) is 4.42 Å². The molecular weight excluding hydrogens is 350 g/mol. The highest BCUT2D eigenvalue weighted by Gasteiger charge is 2.18. The summed E-state index contributed by atoms with van der Waals surface area (Å²) in [5.41, 5.74) is 1.53. The van der Waals surface area contributed by atoms with Crippen molar-refractivity contribution in [1.82, 2.24) is 15.0 Å². The predicted octanol–water partition coefficient (Wildman–Crippen LogP) is 2.35. The zero-order valence-electron chi connectivity index (χ0n) is 13.5. The first-order valence-corrected chi connectivity index (χ1v) is 9.26. The van der Waals surface area contributed by atoms with Crippen molar-refractivity contribution in [2.45, 2.75) is 24.7 Å². The van der Waals surface area contributed by atoms with Crippen molar-refractivity contribution in [2.75, 3.05) is 19.6 Å². The zero-order valence-corrected chi connectivity index (χ0v) is 15.1. The Kier molecular flexibility index (Phi) is 6.40. The van der Waals surface area contributed by atoms with Crippen molar-refractivity contribution >= 4 is 22.4 Å². The van der Waals surface area contributed by atoms with E-state index in [0.29, 0.717) is 24.0 Å². The van der Waals surface area contributed by atoms with Crippen LogP contribution in [0.4, 0.5) is 0 Å². The molecule has 1 aromatic carbocycles. The molecule has 1 saturated heterocycles. The number of benzene rings is 1. The fourth-order valence-electron chi connectivity index (χ4n) is 2.71. The zero-order chi connectivity index (χ0) is 16.3. The number of hydrogen-bond acceptors (Lipinski definition) is 5. The summed E-state index contributed by atoms with van der Waals surface area (Å²) in [6.45, 7) is 4.13. The van der Waals surface area contributed by atoms with Gasteiger partial charge in [0.25, 0.3) is 0 Å². The lowest BCUT2D eigenvalue weighted by Crippen LogP contribution is -2.38. The average Bonchev–Trinajstić information content (AvgIpc) is 3.01. The number of rotatable bonds is 5. The molecule has 0 saturated carbocycles. The van der Waals surface area contributed by atoms with Crippen LogP contribution in [0, 0.1) is 12.8 Å². The fraction of sp³-hybridized carbons (Fsp3) is 0.438. The minimum atomic E-state index is -3.48. The molecule has 0 bridgehead atoms. The van der Waals surface area contributed by atoms with Crippen molar-refractivity contribution in [3.8, 4) is 11.3 Å². The van der Waals surface area contributed by atoms with Crippen molar-refractivity contribution in [2.24, 2.45) is 5.92 Å². The lowest BCUT2D eigenvalue weighted by Gasteiger charge is -2.22. The first kappa shape index (κ1) is 18.9. The second-order valence-electron chi connectivity index (χ2n) is 5.84. The molecule has 132 valence electrons. The summed E-state index contributed by atoms with van der Waals surface area (Å²) >= 11 is 0. The van der Waals surface area contributed by atoms with Gasteiger partial charge >= 0.3 is 0 Å². The van der Waals surface area contributed by atoms with Gasteiger partial charge in [-0.15, -0.1) is 12.4 Å². The molecule has 2 aromatic rings. The Morgan fingerprint density at radius 1 is 1.33 bits per heavy atom. The molecule has 2 N–H and O–H groups in total. The fourth-order valence-corrected chi connectivity index (χ4v) is 3.83. The van der Waals surface area contributed by atoms with Crippen LogP contribution in [0.25, 0.3) is 11.3 Å². The maximum absolute atomic E-state index is 12.4. The van der Waals surface area contributed by atoms with Crippen LogP contribution in [0.3, 0.4) is 0 Å². The lowest BCUT2D eigenvalue weighted by atomic mass is 10.0. The molecule has 1 aliphatic rings. The second kappa shape index (κ2) is 8.11. The van der Waals surface area contributed by atoms with Gasteiger partial charge in [0, 0.05) is 19.0 Å². The third kappa shape index (κ3) is 4.57. The summed E-state index contributed by atoms with van der Waals surface area (Å²) in [5.74, 6) is 0.940. The Bertz CT molecular complexity index is 753. The summed E-state index contributed by atoms with van der Waals surface area (Å²) in [6, 6.07) is 6.68. The minimum Gasteiger partial charge on any atom is -0.449 e. The summed E-state index contributed by atoms with van der Waals surface area (Å²) < 4.78 is 32.6. The Morgan fingerprint density at radius 2 is 2.08 bits per heavy atom. The monoisotopic (exact) mass is 371 g/mol. The third-order valence-electron chi connectivity index (χ3n) is 4.04. The summed E-state index contributed by atoms with van der Waals surface area (Å²) in [6.07, 6.45) is 3.71. The highest BCUT2D eigenvalue weighted by molar-refractivity contribution is 7.89. The van der Waals surface area contributed by atoms with Crippen LogP contribution in [0.15, 0.2) is 39.8 Å². The van der Waals surface area contributed by atoms with E-state index in [1.165, 1.54) is 0 Å². The number of halogens is 1. The van der Waals surface area contributed by atoms with Gasteiger partial charge in [-0.25, -0.2) is 18.1 Å². The van der Waals surface area contributed by atoms with Crippen LogP contribution < -0.4 is 10.0 Å². The summed E-state index contributed by atoms with van der Waals surface area (Å²) in [7, 11) is -3.48. The smallest absolute Gasteiger partial charge is 0.240 e. The number of aromatic nitrogens is 1. The van der Waals surface area contributed by atoms with Gasteiger partial charge in [0.2, 0.25) is 10.0 Å². The highest BCUT2D eigenvalue weighted by Crippen LogP contribution is 2.21. The van der Waals surface area contributed by atoms with Gasteiger partial charge in [-0.1, -0.05) is 12.1 Å². The van der Waals surface area contributed by atoms with E-state index in [9.17, 15) is 8.42 Å². The standard InChI is InChI=1S/C16H21N3O3S.ClH/c1-12-19-16(11-22-12)14-4-6-15(7-5-14)23(20,21)18-10-13-3-2-8-17-9-13;/h4-7,11,13,17-18H,2-3,8-10H2,1H3;1H. The molecule has 1 fully saturated rings. The molecule has 0 amide bonds. The molecule has 3 rings (SSSR count). The Morgan fingerprint density at radius 3 is 2.67 bits per heavy atom. The molecule has 0 spiro atoms. The molecule has 1 atom stereocenters. The summed E-state index contributed by atoms with van der Waals surface area (Å²) in [5, 5.41) is 3.29. The molecular formula is C16H22ClN3O3S. The van der Waals surface area contributed by atoms with Crippen LogP contribution in [0.5, 0.6) is 0 Å². The molecule has 2 heterocycles. The number of sulfonamides is 1. The third-order valence-corrected chi connectivity index (χ3v) is 5.48. The molecule has 0 aliphatic carbocycles. The lowest BCUT2D eigenvalue weighted by molar-refractivity contribution is 0.376. The highest BCUT2D eigenvalue weighted by atomic mass is 35.5. The van der Waals surface area contributed by atoms with E-state index in [-0.39, 0.29) is 17.3 Å². The first-order chi connectivity index (χ1) is 11.0. The van der Waals surface area contributed by atoms with Crippen LogP contribution >= 0.6 is 12.4 Å². The van der Waals surface area contributed by atoms with E-state index in [2.05, 4.69) is 15.0 Å². The Labute approximate surface area is 148 Å². The van der Waals surface area contributed by atoms with Gasteiger partial charge in [0.1, 0.15) is 12.0 Å². The Hall–Kier alpha value is -1.41. The molecule has 1 aliphatic heterocycles. The SMILES string of the molecule is Cc1nc(-c2ccc(S(=O)(=O)NCC3CCCNC3)cc2)co1.Cl. The van der Waals surface area contributed by atoms with Crippen molar-refractivity contribution in [3.63, 3.8) is 0 Å². The van der Waals surface area contributed by atoms with Crippen LogP contribution in [-0.2, 0) is 10.0 Å². The number of piperidine rings is 1. The average molecular weight is 372 g/mol. The Balaban J connectivity index is 0.00000208. The van der Waals surface area contributed by atoms with Gasteiger partial charge in [-0.3, -0.25) is 0 Å².